The highest BCUT2D eigenvalue weighted by molar-refractivity contribution is 6.36. The molecular formula is C12H15ClN2O3. The van der Waals surface area contributed by atoms with E-state index >= 15 is 0 Å². The molecule has 0 aliphatic rings. The molecule has 0 radical (unpaired) electrons. The molecule has 0 aliphatic heterocycles. The van der Waals surface area contributed by atoms with Crippen LogP contribution in [-0.4, -0.2) is 50.0 Å². The molecule has 98 valence electrons. The Balaban J connectivity index is 3.21. The van der Waals surface area contributed by atoms with Crippen LogP contribution in [0.4, 0.5) is 0 Å². The molecule has 0 N–H and O–H groups in total. The van der Waals surface area contributed by atoms with Gasteiger partial charge in [-0.3, -0.25) is 14.4 Å². The monoisotopic (exact) mass is 270 g/mol. The predicted molar refractivity (Wildman–Crippen MR) is 68.6 cm³/mol. The minimum absolute atomic E-state index is 0.130. The van der Waals surface area contributed by atoms with Crippen molar-refractivity contribution in [2.45, 2.75) is 0 Å². The Hall–Kier alpha value is -1.59. The Labute approximate surface area is 111 Å². The van der Waals surface area contributed by atoms with Gasteiger partial charge in [0.2, 0.25) is 0 Å². The summed E-state index contributed by atoms with van der Waals surface area (Å²) in [6, 6.07) is 4.74. The molecule has 1 aromatic rings. The van der Waals surface area contributed by atoms with Gasteiger partial charge in [0, 0.05) is 21.1 Å². The van der Waals surface area contributed by atoms with Gasteiger partial charge >= 0.3 is 0 Å². The molecule has 0 unspecified atom stereocenters. The largest absolute Gasteiger partial charge is 0.345 e. The third-order valence-electron chi connectivity index (χ3n) is 2.43. The fourth-order valence-electron chi connectivity index (χ4n) is 1.36. The Morgan fingerprint density at radius 2 is 1.61 bits per heavy atom. The molecule has 0 heterocycles. The smallest absolute Gasteiger partial charge is 0.278 e. The molecule has 5 nitrogen and oxygen atoms in total. The number of hydroxylamine groups is 2. The van der Waals surface area contributed by atoms with Crippen molar-refractivity contribution in [3.05, 3.63) is 34.3 Å². The van der Waals surface area contributed by atoms with Crippen LogP contribution in [0.2, 0.25) is 5.02 Å². The van der Waals surface area contributed by atoms with Gasteiger partial charge in [-0.05, 0) is 12.1 Å². The summed E-state index contributed by atoms with van der Waals surface area (Å²) in [6.07, 6.45) is 0. The van der Waals surface area contributed by atoms with E-state index in [1.54, 1.807) is 32.3 Å². The van der Waals surface area contributed by atoms with Gasteiger partial charge in [0.25, 0.3) is 11.8 Å². The Morgan fingerprint density at radius 3 is 2.06 bits per heavy atom. The summed E-state index contributed by atoms with van der Waals surface area (Å²) in [5, 5.41) is 1.18. The van der Waals surface area contributed by atoms with Crippen LogP contribution in [0.3, 0.4) is 0 Å². The Morgan fingerprint density at radius 1 is 1.11 bits per heavy atom. The van der Waals surface area contributed by atoms with Gasteiger partial charge in [-0.2, -0.15) is 0 Å². The van der Waals surface area contributed by atoms with E-state index in [1.165, 1.54) is 19.1 Å². The van der Waals surface area contributed by atoms with Gasteiger partial charge in [0.1, 0.15) is 0 Å². The van der Waals surface area contributed by atoms with E-state index in [4.69, 9.17) is 16.4 Å². The molecule has 6 heteroatoms. The Kier molecular flexibility index (Phi) is 4.69. The zero-order valence-electron chi connectivity index (χ0n) is 10.7. The van der Waals surface area contributed by atoms with Crippen LogP contribution in [0, 0.1) is 0 Å². The highest BCUT2D eigenvalue weighted by atomic mass is 35.5. The average molecular weight is 271 g/mol. The first-order valence-corrected chi connectivity index (χ1v) is 5.60. The van der Waals surface area contributed by atoms with Crippen molar-refractivity contribution in [1.82, 2.24) is 9.96 Å². The summed E-state index contributed by atoms with van der Waals surface area (Å²) in [6.45, 7) is 0. The van der Waals surface area contributed by atoms with Crippen LogP contribution in [0.5, 0.6) is 0 Å². The molecule has 18 heavy (non-hydrogen) atoms. The molecule has 0 aliphatic carbocycles. The highest BCUT2D eigenvalue weighted by Gasteiger charge is 2.20. The number of carbonyl (C=O) groups is 2. The zero-order valence-corrected chi connectivity index (χ0v) is 11.5. The summed E-state index contributed by atoms with van der Waals surface area (Å²) in [5.74, 6) is -0.661. The van der Waals surface area contributed by atoms with Crippen LogP contribution < -0.4 is 0 Å². The molecule has 0 spiro atoms. The number of hydrogen-bond donors (Lipinski definition) is 0. The molecule has 0 saturated carbocycles. The lowest BCUT2D eigenvalue weighted by atomic mass is 10.1. The number of halogens is 1. The highest BCUT2D eigenvalue weighted by Crippen LogP contribution is 2.23. The first-order chi connectivity index (χ1) is 8.40. The van der Waals surface area contributed by atoms with Crippen molar-refractivity contribution < 1.29 is 14.4 Å². The van der Waals surface area contributed by atoms with Crippen molar-refractivity contribution in [2.75, 3.05) is 28.3 Å². The minimum atomic E-state index is -0.407. The quantitative estimate of drug-likeness (QED) is 0.785. The number of hydrogen-bond acceptors (Lipinski definition) is 3. The third kappa shape index (κ3) is 2.80. The fourth-order valence-corrected chi connectivity index (χ4v) is 1.64. The molecular weight excluding hydrogens is 256 g/mol. The van der Waals surface area contributed by atoms with Crippen molar-refractivity contribution in [3.8, 4) is 0 Å². The van der Waals surface area contributed by atoms with E-state index in [2.05, 4.69) is 0 Å². The summed E-state index contributed by atoms with van der Waals surface area (Å²) in [5.41, 5.74) is 0.519. The van der Waals surface area contributed by atoms with Gasteiger partial charge in [0.15, 0.2) is 0 Å². The van der Waals surface area contributed by atoms with Crippen LogP contribution in [-0.2, 0) is 4.84 Å². The van der Waals surface area contributed by atoms with Crippen LogP contribution in [0.25, 0.3) is 0 Å². The predicted octanol–water partition coefficient (Wildman–Crippen LogP) is 1.68. The summed E-state index contributed by atoms with van der Waals surface area (Å²) >= 11 is 6.09. The van der Waals surface area contributed by atoms with Crippen molar-refractivity contribution in [2.24, 2.45) is 0 Å². The SMILES string of the molecule is CON(C)C(=O)c1cccc(C(=O)N(C)C)c1Cl. The lowest BCUT2D eigenvalue weighted by Gasteiger charge is -2.17. The maximum absolute atomic E-state index is 11.9. The van der Waals surface area contributed by atoms with Crippen molar-refractivity contribution >= 4 is 23.4 Å². The number of carbonyl (C=O) groups excluding carboxylic acids is 2. The molecule has 0 atom stereocenters. The standard InChI is InChI=1S/C12H15ClN2O3/c1-14(2)11(16)8-6-5-7-9(10(8)13)12(17)15(3)18-4/h5-7H,1-4H3. The third-order valence-corrected chi connectivity index (χ3v) is 2.83. The van der Waals surface area contributed by atoms with E-state index in [9.17, 15) is 9.59 Å². The second kappa shape index (κ2) is 5.84. The fraction of sp³-hybridized carbons (Fsp3) is 0.333. The molecule has 0 saturated heterocycles. The topological polar surface area (TPSA) is 49.9 Å². The lowest BCUT2D eigenvalue weighted by molar-refractivity contribution is -0.0756. The number of nitrogens with zero attached hydrogens (tertiary/aromatic N) is 2. The van der Waals surface area contributed by atoms with Gasteiger partial charge in [0.05, 0.1) is 23.3 Å². The van der Waals surface area contributed by atoms with E-state index in [1.807, 2.05) is 0 Å². The summed E-state index contributed by atoms with van der Waals surface area (Å²) < 4.78 is 0. The zero-order chi connectivity index (χ0) is 13.9. The number of benzene rings is 1. The molecule has 2 amide bonds. The van der Waals surface area contributed by atoms with E-state index < -0.39 is 5.91 Å². The normalized spacial score (nSPS) is 10.1. The summed E-state index contributed by atoms with van der Waals surface area (Å²) in [7, 11) is 6.09. The number of rotatable bonds is 3. The first kappa shape index (κ1) is 14.5. The van der Waals surface area contributed by atoms with Gasteiger partial charge in [-0.25, -0.2) is 5.06 Å². The second-order valence-electron chi connectivity index (χ2n) is 3.85. The van der Waals surface area contributed by atoms with Crippen molar-refractivity contribution in [3.63, 3.8) is 0 Å². The molecule has 0 bridgehead atoms. The maximum atomic E-state index is 11.9. The van der Waals surface area contributed by atoms with Crippen LogP contribution in [0.15, 0.2) is 18.2 Å². The van der Waals surface area contributed by atoms with E-state index in [0.717, 1.165) is 5.06 Å². The molecule has 1 rings (SSSR count). The second-order valence-corrected chi connectivity index (χ2v) is 4.23. The van der Waals surface area contributed by atoms with Crippen LogP contribution >= 0.6 is 11.6 Å². The summed E-state index contributed by atoms with van der Waals surface area (Å²) in [4.78, 5) is 30.0. The van der Waals surface area contributed by atoms with E-state index in [0.29, 0.717) is 0 Å². The maximum Gasteiger partial charge on any atom is 0.278 e. The first-order valence-electron chi connectivity index (χ1n) is 5.22. The average Bonchev–Trinajstić information content (AvgIpc) is 2.36. The molecule has 0 aromatic heterocycles. The van der Waals surface area contributed by atoms with Crippen molar-refractivity contribution in [1.29, 1.82) is 0 Å². The van der Waals surface area contributed by atoms with Crippen LogP contribution in [0.1, 0.15) is 20.7 Å². The lowest BCUT2D eigenvalue weighted by Crippen LogP contribution is -2.27. The minimum Gasteiger partial charge on any atom is -0.345 e. The van der Waals surface area contributed by atoms with Gasteiger partial charge in [-0.1, -0.05) is 17.7 Å². The molecule has 1 aromatic carbocycles. The van der Waals surface area contributed by atoms with E-state index in [-0.39, 0.29) is 22.1 Å². The Bertz CT molecular complexity index is 474. The van der Waals surface area contributed by atoms with Gasteiger partial charge < -0.3 is 4.90 Å². The number of amides is 2. The molecule has 0 fully saturated rings. The van der Waals surface area contributed by atoms with Gasteiger partial charge in [-0.15, -0.1) is 0 Å².